The lowest BCUT2D eigenvalue weighted by Crippen LogP contribution is -3.00. The second-order valence-electron chi connectivity index (χ2n) is 12.2. The summed E-state index contributed by atoms with van der Waals surface area (Å²) in [4.78, 5) is 14.8. The summed E-state index contributed by atoms with van der Waals surface area (Å²) in [5, 5.41) is 0. The summed E-state index contributed by atoms with van der Waals surface area (Å²) in [7, 11) is 0. The normalized spacial score (nSPS) is 11.2. The number of pyridine rings is 1. The monoisotopic (exact) mass is 664 g/mol. The van der Waals surface area contributed by atoms with Crippen LogP contribution in [0.1, 0.15) is 136 Å². The van der Waals surface area contributed by atoms with Crippen LogP contribution in [-0.4, -0.2) is 12.5 Å². The summed E-state index contributed by atoms with van der Waals surface area (Å²) in [5.74, 6) is 0.891. The maximum absolute atomic E-state index is 12.9. The van der Waals surface area contributed by atoms with Crippen molar-refractivity contribution in [3.8, 4) is 5.75 Å². The number of anilines is 1. The first-order valence-electron chi connectivity index (χ1n) is 15.8. The minimum atomic E-state index is -0.0821. The molecule has 1 amide bonds. The van der Waals surface area contributed by atoms with Gasteiger partial charge in [0.15, 0.2) is 12.4 Å². The molecule has 0 unspecified atom stereocenters. The predicted molar refractivity (Wildman–Crippen MR) is 166 cm³/mol. The average Bonchev–Trinajstić information content (AvgIpc) is 2.89. The third-order valence-corrected chi connectivity index (χ3v) is 7.46. The van der Waals surface area contributed by atoms with Crippen LogP contribution in [0.2, 0.25) is 0 Å². The van der Waals surface area contributed by atoms with Gasteiger partial charge in [0, 0.05) is 30.5 Å². The summed E-state index contributed by atoms with van der Waals surface area (Å²) in [6.07, 6.45) is 21.2. The molecule has 2 aromatic rings. The fraction of sp³-hybridized carbons (Fsp3) is 0.657. The Morgan fingerprint density at radius 2 is 1.43 bits per heavy atom. The number of halogens is 1. The molecule has 4 nitrogen and oxygen atoms in total. The quantitative estimate of drug-likeness (QED) is 0.100. The van der Waals surface area contributed by atoms with Crippen molar-refractivity contribution in [1.29, 1.82) is 0 Å². The van der Waals surface area contributed by atoms with E-state index in [9.17, 15) is 4.79 Å². The van der Waals surface area contributed by atoms with E-state index in [2.05, 4.69) is 75.8 Å². The number of unbranched alkanes of at least 4 members (excludes halogenated alkanes) is 11. The van der Waals surface area contributed by atoms with E-state index in [1.807, 2.05) is 11.0 Å². The average molecular weight is 665 g/mol. The highest BCUT2D eigenvalue weighted by Gasteiger charge is 2.25. The third kappa shape index (κ3) is 13.4. The first-order valence-corrected chi connectivity index (χ1v) is 15.8. The molecule has 0 aliphatic rings. The standard InChI is InChI=1S/C35H57N2O2.HI/c1-7-9-10-11-12-13-14-15-16-17-18-19-27-39-34-32(35(4,5)6)23-20-24-33(34)37(30(3)38)29-31-22-21-26-36(28-31)25-8-2;/h20-24,26,28H,7-19,25,27,29H2,1-6H3;1H/q+1;/p-1. The Morgan fingerprint density at radius 1 is 0.825 bits per heavy atom. The van der Waals surface area contributed by atoms with E-state index >= 15 is 0 Å². The van der Waals surface area contributed by atoms with Crippen LogP contribution in [0.5, 0.6) is 5.75 Å². The third-order valence-electron chi connectivity index (χ3n) is 7.46. The van der Waals surface area contributed by atoms with E-state index in [1.165, 1.54) is 70.6 Å². The molecule has 2 rings (SSSR count). The van der Waals surface area contributed by atoms with Gasteiger partial charge in [0.05, 0.1) is 18.8 Å². The van der Waals surface area contributed by atoms with Crippen molar-refractivity contribution in [1.82, 2.24) is 0 Å². The highest BCUT2D eigenvalue weighted by atomic mass is 127. The number of rotatable bonds is 19. The van der Waals surface area contributed by atoms with E-state index in [0.717, 1.165) is 42.0 Å². The number of carbonyl (C=O) groups is 1. The first kappa shape index (κ1) is 36.4. The molecule has 0 atom stereocenters. The molecule has 0 fully saturated rings. The lowest BCUT2D eigenvalue weighted by atomic mass is 9.85. The Balaban J connectivity index is 0.00000800. The number of hydrogen-bond acceptors (Lipinski definition) is 2. The molecule has 0 saturated heterocycles. The van der Waals surface area contributed by atoms with E-state index in [4.69, 9.17) is 4.74 Å². The molecule has 0 radical (unpaired) electrons. The van der Waals surface area contributed by atoms with Gasteiger partial charge in [-0.2, -0.15) is 0 Å². The fourth-order valence-electron chi connectivity index (χ4n) is 5.21. The molecular weight excluding hydrogens is 607 g/mol. The van der Waals surface area contributed by atoms with Crippen molar-refractivity contribution in [2.45, 2.75) is 144 Å². The van der Waals surface area contributed by atoms with Crippen LogP contribution in [0.3, 0.4) is 0 Å². The zero-order valence-electron chi connectivity index (χ0n) is 26.4. The predicted octanol–water partition coefficient (Wildman–Crippen LogP) is 6.32. The summed E-state index contributed by atoms with van der Waals surface area (Å²) in [5.41, 5.74) is 3.06. The molecule has 40 heavy (non-hydrogen) atoms. The van der Waals surface area contributed by atoms with Gasteiger partial charge in [0.2, 0.25) is 5.91 Å². The van der Waals surface area contributed by atoms with Crippen LogP contribution in [-0.2, 0) is 23.3 Å². The summed E-state index contributed by atoms with van der Waals surface area (Å²) in [6.45, 7) is 14.9. The highest BCUT2D eigenvalue weighted by Crippen LogP contribution is 2.39. The maximum Gasteiger partial charge on any atom is 0.224 e. The second kappa shape index (κ2) is 20.3. The minimum Gasteiger partial charge on any atom is -1.00 e. The number of carbonyl (C=O) groups excluding carboxylic acids is 1. The van der Waals surface area contributed by atoms with Gasteiger partial charge in [-0.15, -0.1) is 0 Å². The highest BCUT2D eigenvalue weighted by molar-refractivity contribution is 5.93. The van der Waals surface area contributed by atoms with Crippen LogP contribution >= 0.6 is 0 Å². The number of para-hydroxylation sites is 1. The molecule has 5 heteroatoms. The number of aromatic nitrogens is 1. The number of amides is 1. The van der Waals surface area contributed by atoms with Gasteiger partial charge in [-0.3, -0.25) is 4.79 Å². The lowest BCUT2D eigenvalue weighted by molar-refractivity contribution is -0.697. The van der Waals surface area contributed by atoms with Gasteiger partial charge < -0.3 is 33.6 Å². The maximum atomic E-state index is 12.9. The molecule has 1 aromatic carbocycles. The molecule has 0 N–H and O–H groups in total. The number of hydrogen-bond donors (Lipinski definition) is 0. The Kier molecular flexibility index (Phi) is 18.5. The summed E-state index contributed by atoms with van der Waals surface area (Å²) >= 11 is 0. The topological polar surface area (TPSA) is 33.4 Å². The number of aryl methyl sites for hydroxylation is 1. The molecule has 0 aliphatic carbocycles. The van der Waals surface area contributed by atoms with Gasteiger partial charge in [-0.25, -0.2) is 4.57 Å². The van der Waals surface area contributed by atoms with Crippen LogP contribution in [0.25, 0.3) is 0 Å². The van der Waals surface area contributed by atoms with Crippen LogP contribution < -0.4 is 38.2 Å². The number of ether oxygens (including phenoxy) is 1. The Labute approximate surface area is 263 Å². The molecule has 0 saturated carbocycles. The molecule has 226 valence electrons. The number of benzene rings is 1. The van der Waals surface area contributed by atoms with E-state index in [0.29, 0.717) is 13.2 Å². The molecule has 0 spiro atoms. The van der Waals surface area contributed by atoms with Gasteiger partial charge in [0.25, 0.3) is 0 Å². The summed E-state index contributed by atoms with van der Waals surface area (Å²) < 4.78 is 8.72. The second-order valence-corrected chi connectivity index (χ2v) is 12.2. The zero-order chi connectivity index (χ0) is 28.5. The van der Waals surface area contributed by atoms with Gasteiger partial charge in [-0.05, 0) is 24.0 Å². The first-order chi connectivity index (χ1) is 18.8. The Morgan fingerprint density at radius 3 is 1.98 bits per heavy atom. The van der Waals surface area contributed by atoms with Crippen molar-refractivity contribution in [2.24, 2.45) is 0 Å². The molecular formula is C35H57IN2O2. The largest absolute Gasteiger partial charge is 1.00 e. The summed E-state index contributed by atoms with van der Waals surface area (Å²) in [6, 6.07) is 10.4. The molecule has 1 heterocycles. The SMILES string of the molecule is CCCCCCCCCCCCCCOc1c(N(Cc2ccc[n+](CCC)c2)C(C)=O)cccc1C(C)(C)C.[I-]. The van der Waals surface area contributed by atoms with Crippen LogP contribution in [0, 0.1) is 0 Å². The number of nitrogens with zero attached hydrogens (tertiary/aromatic N) is 2. The van der Waals surface area contributed by atoms with E-state index in [1.54, 1.807) is 6.92 Å². The van der Waals surface area contributed by atoms with Gasteiger partial charge in [-0.1, -0.05) is 117 Å². The fourth-order valence-corrected chi connectivity index (χ4v) is 5.21. The minimum absolute atomic E-state index is 0. The lowest BCUT2D eigenvalue weighted by Gasteiger charge is -2.29. The van der Waals surface area contributed by atoms with Crippen molar-refractivity contribution in [2.75, 3.05) is 11.5 Å². The van der Waals surface area contributed by atoms with Gasteiger partial charge in [0.1, 0.15) is 12.3 Å². The van der Waals surface area contributed by atoms with Crippen molar-refractivity contribution in [3.63, 3.8) is 0 Å². The van der Waals surface area contributed by atoms with Gasteiger partial charge >= 0.3 is 0 Å². The molecule has 0 bridgehead atoms. The van der Waals surface area contributed by atoms with E-state index < -0.39 is 0 Å². The Hall–Kier alpha value is -1.63. The molecule has 0 aliphatic heterocycles. The zero-order valence-corrected chi connectivity index (χ0v) is 28.6. The smallest absolute Gasteiger partial charge is 0.224 e. The van der Waals surface area contributed by atoms with Crippen LogP contribution in [0.4, 0.5) is 5.69 Å². The van der Waals surface area contributed by atoms with E-state index in [-0.39, 0.29) is 35.3 Å². The van der Waals surface area contributed by atoms with Crippen molar-refractivity contribution in [3.05, 3.63) is 53.9 Å². The molecule has 1 aromatic heterocycles. The van der Waals surface area contributed by atoms with Crippen molar-refractivity contribution < 1.29 is 38.1 Å². The van der Waals surface area contributed by atoms with Crippen molar-refractivity contribution >= 4 is 11.6 Å². The Bertz CT molecular complexity index is 970. The van der Waals surface area contributed by atoms with Crippen LogP contribution in [0.15, 0.2) is 42.7 Å².